The minimum Gasteiger partial charge on any atom is -0.475 e. The number of fused-ring (bicyclic) bond motifs is 1. The van der Waals surface area contributed by atoms with Crippen LogP contribution >= 0.6 is 0 Å². The maximum absolute atomic E-state index is 12.0. The van der Waals surface area contributed by atoms with E-state index >= 15 is 0 Å². The zero-order valence-electron chi connectivity index (χ0n) is 10.3. The molecule has 0 spiro atoms. The second-order valence-corrected chi connectivity index (χ2v) is 5.00. The Morgan fingerprint density at radius 3 is 3.00 bits per heavy atom. The average Bonchev–Trinajstić information content (AvgIpc) is 3.05. The molecule has 2 aliphatic rings. The molecular formula is C12H15N3O4. The summed E-state index contributed by atoms with van der Waals surface area (Å²) in [6.45, 7) is 2.11. The number of aromatic nitrogens is 1. The van der Waals surface area contributed by atoms with Crippen LogP contribution in [0.3, 0.4) is 0 Å². The molecule has 2 aliphatic heterocycles. The van der Waals surface area contributed by atoms with Gasteiger partial charge in [0.25, 0.3) is 5.91 Å². The van der Waals surface area contributed by atoms with Crippen molar-refractivity contribution in [2.75, 3.05) is 13.1 Å². The summed E-state index contributed by atoms with van der Waals surface area (Å²) in [6.07, 6.45) is 3.20. The third-order valence-electron chi connectivity index (χ3n) is 3.88. The SMILES string of the molecule is O=C(NC1CCN2CCCC12)c1cc(C(=O)O)on1. The lowest BCUT2D eigenvalue weighted by molar-refractivity contribution is 0.0651. The lowest BCUT2D eigenvalue weighted by atomic mass is 10.1. The van der Waals surface area contributed by atoms with Crippen molar-refractivity contribution in [1.29, 1.82) is 0 Å². The Balaban J connectivity index is 1.66. The predicted molar refractivity (Wildman–Crippen MR) is 63.9 cm³/mol. The highest BCUT2D eigenvalue weighted by Gasteiger charge is 2.38. The van der Waals surface area contributed by atoms with Gasteiger partial charge in [-0.25, -0.2) is 4.79 Å². The highest BCUT2D eigenvalue weighted by atomic mass is 16.5. The van der Waals surface area contributed by atoms with Crippen LogP contribution in [0.1, 0.15) is 40.3 Å². The summed E-state index contributed by atoms with van der Waals surface area (Å²) < 4.78 is 4.58. The molecule has 1 amide bonds. The molecule has 0 saturated carbocycles. The van der Waals surface area contributed by atoms with Crippen LogP contribution in [0, 0.1) is 0 Å². The van der Waals surface area contributed by atoms with Gasteiger partial charge >= 0.3 is 5.97 Å². The fourth-order valence-electron chi connectivity index (χ4n) is 2.98. The summed E-state index contributed by atoms with van der Waals surface area (Å²) in [5, 5.41) is 15.1. The van der Waals surface area contributed by atoms with Gasteiger partial charge in [0.15, 0.2) is 5.69 Å². The first-order valence-electron chi connectivity index (χ1n) is 6.40. The number of carbonyl (C=O) groups excluding carboxylic acids is 1. The Morgan fingerprint density at radius 2 is 2.26 bits per heavy atom. The molecule has 2 atom stereocenters. The largest absolute Gasteiger partial charge is 0.475 e. The van der Waals surface area contributed by atoms with E-state index in [-0.39, 0.29) is 23.4 Å². The van der Waals surface area contributed by atoms with E-state index in [2.05, 4.69) is 19.9 Å². The Kier molecular flexibility index (Phi) is 2.98. The number of nitrogens with one attached hydrogen (secondary N) is 1. The van der Waals surface area contributed by atoms with Crippen LogP contribution in [0.2, 0.25) is 0 Å². The monoisotopic (exact) mass is 265 g/mol. The summed E-state index contributed by atoms with van der Waals surface area (Å²) in [7, 11) is 0. The van der Waals surface area contributed by atoms with E-state index in [0.29, 0.717) is 6.04 Å². The molecule has 2 N–H and O–H groups in total. The normalized spacial score (nSPS) is 26.3. The molecule has 0 aliphatic carbocycles. The highest BCUT2D eigenvalue weighted by molar-refractivity contribution is 5.95. The van der Waals surface area contributed by atoms with Crippen LogP contribution in [-0.4, -0.2) is 52.2 Å². The topological polar surface area (TPSA) is 95.7 Å². The maximum atomic E-state index is 12.0. The number of carboxylic acids is 1. The van der Waals surface area contributed by atoms with E-state index in [1.807, 2.05) is 0 Å². The molecule has 0 radical (unpaired) electrons. The lowest BCUT2D eigenvalue weighted by Gasteiger charge is -2.20. The van der Waals surface area contributed by atoms with Crippen molar-refractivity contribution in [2.45, 2.75) is 31.3 Å². The molecule has 3 rings (SSSR count). The summed E-state index contributed by atoms with van der Waals surface area (Å²) in [5.74, 6) is -1.91. The number of aromatic carboxylic acids is 1. The molecule has 2 fully saturated rings. The van der Waals surface area contributed by atoms with Crippen molar-refractivity contribution in [2.24, 2.45) is 0 Å². The molecule has 1 aromatic rings. The number of rotatable bonds is 3. The van der Waals surface area contributed by atoms with Crippen LogP contribution in [0.15, 0.2) is 10.6 Å². The standard InChI is InChI=1S/C12H15N3O4/c16-11(8-6-10(12(17)18)19-14-8)13-7-3-5-15-4-1-2-9(7)15/h6-7,9H,1-5H2,(H,13,16)(H,17,18). The van der Waals surface area contributed by atoms with Crippen molar-refractivity contribution >= 4 is 11.9 Å². The molecular weight excluding hydrogens is 250 g/mol. The first-order valence-corrected chi connectivity index (χ1v) is 6.40. The fraction of sp³-hybridized carbons (Fsp3) is 0.583. The third-order valence-corrected chi connectivity index (χ3v) is 3.88. The highest BCUT2D eigenvalue weighted by Crippen LogP contribution is 2.28. The second kappa shape index (κ2) is 4.65. The van der Waals surface area contributed by atoms with Crippen molar-refractivity contribution in [1.82, 2.24) is 15.4 Å². The van der Waals surface area contributed by atoms with E-state index < -0.39 is 5.97 Å². The van der Waals surface area contributed by atoms with Gasteiger partial charge in [-0.05, 0) is 25.8 Å². The molecule has 0 bridgehead atoms. The van der Waals surface area contributed by atoms with Crippen molar-refractivity contribution < 1.29 is 19.2 Å². The Morgan fingerprint density at radius 1 is 1.42 bits per heavy atom. The van der Waals surface area contributed by atoms with Gasteiger partial charge in [0.2, 0.25) is 5.76 Å². The molecule has 7 nitrogen and oxygen atoms in total. The van der Waals surface area contributed by atoms with Gasteiger partial charge in [-0.2, -0.15) is 0 Å². The number of carboxylic acid groups (broad SMARTS) is 1. The predicted octanol–water partition coefficient (Wildman–Crippen LogP) is 0.339. The van der Waals surface area contributed by atoms with Gasteiger partial charge in [0.05, 0.1) is 0 Å². The molecule has 2 saturated heterocycles. The first-order chi connectivity index (χ1) is 9.15. The minimum absolute atomic E-state index is 0.0221. The van der Waals surface area contributed by atoms with Crippen LogP contribution in [-0.2, 0) is 0 Å². The van der Waals surface area contributed by atoms with Gasteiger partial charge in [-0.1, -0.05) is 5.16 Å². The van der Waals surface area contributed by atoms with Gasteiger partial charge in [0.1, 0.15) is 0 Å². The summed E-state index contributed by atoms with van der Waals surface area (Å²) in [6, 6.07) is 1.69. The quantitative estimate of drug-likeness (QED) is 0.818. The van der Waals surface area contributed by atoms with E-state index in [1.54, 1.807) is 0 Å². The van der Waals surface area contributed by atoms with E-state index in [9.17, 15) is 9.59 Å². The van der Waals surface area contributed by atoms with Crippen molar-refractivity contribution in [3.8, 4) is 0 Å². The van der Waals surface area contributed by atoms with Crippen molar-refractivity contribution in [3.63, 3.8) is 0 Å². The number of nitrogens with zero attached hydrogens (tertiary/aromatic N) is 2. The van der Waals surface area contributed by atoms with E-state index in [1.165, 1.54) is 6.42 Å². The van der Waals surface area contributed by atoms with Crippen LogP contribution < -0.4 is 5.32 Å². The Bertz CT molecular complexity index is 513. The zero-order chi connectivity index (χ0) is 13.4. The van der Waals surface area contributed by atoms with Crippen LogP contribution in [0.5, 0.6) is 0 Å². The smallest absolute Gasteiger partial charge is 0.374 e. The number of hydrogen-bond donors (Lipinski definition) is 2. The van der Waals surface area contributed by atoms with Gasteiger partial charge < -0.3 is 14.9 Å². The second-order valence-electron chi connectivity index (χ2n) is 5.00. The Hall–Kier alpha value is -1.89. The number of hydrogen-bond acceptors (Lipinski definition) is 5. The Labute approximate surface area is 109 Å². The van der Waals surface area contributed by atoms with Gasteiger partial charge in [-0.3, -0.25) is 9.69 Å². The van der Waals surface area contributed by atoms with Crippen LogP contribution in [0.4, 0.5) is 0 Å². The summed E-state index contributed by atoms with van der Waals surface area (Å²) >= 11 is 0. The van der Waals surface area contributed by atoms with E-state index in [4.69, 9.17) is 5.11 Å². The zero-order valence-corrected chi connectivity index (χ0v) is 10.3. The van der Waals surface area contributed by atoms with Crippen LogP contribution in [0.25, 0.3) is 0 Å². The maximum Gasteiger partial charge on any atom is 0.374 e. The first kappa shape index (κ1) is 12.2. The lowest BCUT2D eigenvalue weighted by Crippen LogP contribution is -2.42. The third kappa shape index (κ3) is 2.21. The molecule has 3 heterocycles. The molecule has 1 aromatic heterocycles. The minimum atomic E-state index is -1.23. The molecule has 7 heteroatoms. The number of carbonyl (C=O) groups is 2. The summed E-state index contributed by atoms with van der Waals surface area (Å²) in [4.78, 5) is 25.0. The van der Waals surface area contributed by atoms with Gasteiger partial charge in [0, 0.05) is 24.7 Å². The van der Waals surface area contributed by atoms with Crippen molar-refractivity contribution in [3.05, 3.63) is 17.5 Å². The fourth-order valence-corrected chi connectivity index (χ4v) is 2.98. The summed E-state index contributed by atoms with van der Waals surface area (Å²) in [5.41, 5.74) is 0.0221. The number of amides is 1. The van der Waals surface area contributed by atoms with E-state index in [0.717, 1.165) is 32.0 Å². The average molecular weight is 265 g/mol. The molecule has 0 aromatic carbocycles. The molecule has 2 unspecified atom stereocenters. The molecule has 102 valence electrons. The molecule has 19 heavy (non-hydrogen) atoms. The van der Waals surface area contributed by atoms with Gasteiger partial charge in [-0.15, -0.1) is 0 Å².